The molecule has 6 nitrogen and oxygen atoms in total. The Kier molecular flexibility index (Phi) is 3.75. The molecule has 3 aromatic heterocycles. The molecular formula is C21H24N6. The third-order valence-corrected chi connectivity index (χ3v) is 5.79. The van der Waals surface area contributed by atoms with Gasteiger partial charge in [0.25, 0.3) is 0 Å². The predicted molar refractivity (Wildman–Crippen MR) is 107 cm³/mol. The lowest BCUT2D eigenvalue weighted by Gasteiger charge is -2.28. The van der Waals surface area contributed by atoms with Gasteiger partial charge in [0.05, 0.1) is 11.2 Å². The normalized spacial score (nSPS) is 18.6. The highest BCUT2D eigenvalue weighted by Gasteiger charge is 2.24. The molecule has 1 unspecified atom stereocenters. The highest BCUT2D eigenvalue weighted by molar-refractivity contribution is 5.90. The van der Waals surface area contributed by atoms with E-state index in [0.29, 0.717) is 5.92 Å². The van der Waals surface area contributed by atoms with E-state index in [9.17, 15) is 0 Å². The third kappa shape index (κ3) is 2.72. The Morgan fingerprint density at radius 2 is 1.96 bits per heavy atom. The topological polar surface area (TPSA) is 62.1 Å². The van der Waals surface area contributed by atoms with Gasteiger partial charge in [-0.1, -0.05) is 6.07 Å². The van der Waals surface area contributed by atoms with Gasteiger partial charge in [-0.05, 0) is 69.1 Å². The number of aryl methyl sites for hydroxylation is 2. The first-order valence-electron chi connectivity index (χ1n) is 9.57. The standard InChI is InChI=1S/C21H24N6/c1-13-7-16(17-8-14(2)21-22-12-23-27(21)11-17)9-18-19(13)20(25-24-18)15-5-4-6-26(3)10-15/h7-9,11-12,15H,4-6,10H2,1-3H3,(H,24,25). The number of nitrogens with one attached hydrogen (secondary N) is 1. The van der Waals surface area contributed by atoms with E-state index < -0.39 is 0 Å². The summed E-state index contributed by atoms with van der Waals surface area (Å²) in [6, 6.07) is 6.66. The lowest BCUT2D eigenvalue weighted by molar-refractivity contribution is 0.249. The second-order valence-electron chi connectivity index (χ2n) is 7.87. The molecule has 0 spiro atoms. The number of hydrogen-bond acceptors (Lipinski definition) is 4. The Hall–Kier alpha value is -2.73. The van der Waals surface area contributed by atoms with E-state index in [-0.39, 0.29) is 0 Å². The van der Waals surface area contributed by atoms with Crippen LogP contribution in [0, 0.1) is 13.8 Å². The third-order valence-electron chi connectivity index (χ3n) is 5.79. The molecular weight excluding hydrogens is 336 g/mol. The number of aromatic nitrogens is 5. The van der Waals surface area contributed by atoms with Gasteiger partial charge in [0.15, 0.2) is 5.65 Å². The molecule has 1 aromatic carbocycles. The number of rotatable bonds is 2. The summed E-state index contributed by atoms with van der Waals surface area (Å²) in [5.74, 6) is 0.510. The Balaban J connectivity index is 1.61. The molecule has 0 saturated carbocycles. The van der Waals surface area contributed by atoms with E-state index >= 15 is 0 Å². The number of fused-ring (bicyclic) bond motifs is 2. The van der Waals surface area contributed by atoms with Gasteiger partial charge in [-0.2, -0.15) is 10.2 Å². The number of pyridine rings is 1. The summed E-state index contributed by atoms with van der Waals surface area (Å²) in [5, 5.41) is 13.6. The van der Waals surface area contributed by atoms with E-state index in [0.717, 1.165) is 28.8 Å². The first kappa shape index (κ1) is 16.4. The molecule has 1 atom stereocenters. The van der Waals surface area contributed by atoms with Crippen LogP contribution >= 0.6 is 0 Å². The van der Waals surface area contributed by atoms with Crippen LogP contribution in [0.1, 0.15) is 35.6 Å². The minimum absolute atomic E-state index is 0.510. The average Bonchev–Trinajstić information content (AvgIpc) is 3.28. The molecule has 0 radical (unpaired) electrons. The number of piperidine rings is 1. The van der Waals surface area contributed by atoms with Gasteiger partial charge < -0.3 is 4.90 Å². The summed E-state index contributed by atoms with van der Waals surface area (Å²) in [6.07, 6.45) is 6.10. The average molecular weight is 360 g/mol. The lowest BCUT2D eigenvalue weighted by Crippen LogP contribution is -2.31. The van der Waals surface area contributed by atoms with Crippen molar-refractivity contribution in [1.29, 1.82) is 0 Å². The number of likely N-dealkylation sites (tertiary alicyclic amines) is 1. The van der Waals surface area contributed by atoms with Crippen LogP contribution in [0.2, 0.25) is 0 Å². The summed E-state index contributed by atoms with van der Waals surface area (Å²) in [4.78, 5) is 6.72. The van der Waals surface area contributed by atoms with Crippen molar-refractivity contribution < 1.29 is 0 Å². The van der Waals surface area contributed by atoms with E-state index in [1.54, 1.807) is 6.33 Å². The first-order chi connectivity index (χ1) is 13.1. The SMILES string of the molecule is Cc1cc(-c2cc(C)c3ncnn3c2)cc2[nH]nc(C3CCCN(C)C3)c12. The molecule has 5 rings (SSSR count). The molecule has 0 aliphatic carbocycles. The lowest BCUT2D eigenvalue weighted by atomic mass is 9.91. The summed E-state index contributed by atoms with van der Waals surface area (Å²) < 4.78 is 1.85. The van der Waals surface area contributed by atoms with Crippen molar-refractivity contribution in [3.63, 3.8) is 0 Å². The van der Waals surface area contributed by atoms with Crippen molar-refractivity contribution in [2.45, 2.75) is 32.6 Å². The summed E-state index contributed by atoms with van der Waals surface area (Å²) in [6.45, 7) is 6.54. The van der Waals surface area contributed by atoms with Gasteiger partial charge in [0.1, 0.15) is 6.33 Å². The van der Waals surface area contributed by atoms with Gasteiger partial charge in [-0.3, -0.25) is 5.10 Å². The molecule has 138 valence electrons. The Morgan fingerprint density at radius 3 is 2.81 bits per heavy atom. The maximum absolute atomic E-state index is 4.73. The van der Waals surface area contributed by atoms with Crippen LogP contribution in [-0.4, -0.2) is 49.8 Å². The van der Waals surface area contributed by atoms with Crippen LogP contribution in [0.25, 0.3) is 27.7 Å². The number of H-pyrrole nitrogens is 1. The molecule has 1 N–H and O–H groups in total. The summed E-state index contributed by atoms with van der Waals surface area (Å²) in [7, 11) is 2.20. The zero-order chi connectivity index (χ0) is 18.5. The monoisotopic (exact) mass is 360 g/mol. The summed E-state index contributed by atoms with van der Waals surface area (Å²) in [5.41, 5.74) is 7.96. The zero-order valence-corrected chi connectivity index (χ0v) is 16.0. The maximum atomic E-state index is 4.73. The second-order valence-corrected chi connectivity index (χ2v) is 7.87. The Bertz CT molecular complexity index is 1140. The molecule has 1 aliphatic rings. The van der Waals surface area contributed by atoms with Crippen LogP contribution in [0.4, 0.5) is 0 Å². The number of likely N-dealkylation sites (N-methyl/N-ethyl adjacent to an activating group) is 1. The quantitative estimate of drug-likeness (QED) is 0.592. The molecule has 1 aliphatic heterocycles. The van der Waals surface area contributed by atoms with Crippen molar-refractivity contribution in [1.82, 2.24) is 29.7 Å². The minimum atomic E-state index is 0.510. The van der Waals surface area contributed by atoms with Crippen molar-refractivity contribution >= 4 is 16.6 Å². The van der Waals surface area contributed by atoms with Crippen molar-refractivity contribution in [3.8, 4) is 11.1 Å². The van der Waals surface area contributed by atoms with E-state index in [1.807, 2.05) is 10.7 Å². The molecule has 27 heavy (non-hydrogen) atoms. The van der Waals surface area contributed by atoms with E-state index in [2.05, 4.69) is 59.2 Å². The van der Waals surface area contributed by atoms with Gasteiger partial charge >= 0.3 is 0 Å². The van der Waals surface area contributed by atoms with Crippen LogP contribution in [0.15, 0.2) is 30.7 Å². The molecule has 4 heterocycles. The fourth-order valence-corrected chi connectivity index (χ4v) is 4.50. The fourth-order valence-electron chi connectivity index (χ4n) is 4.50. The number of benzene rings is 1. The highest BCUT2D eigenvalue weighted by Crippen LogP contribution is 2.34. The molecule has 1 saturated heterocycles. The Morgan fingerprint density at radius 1 is 1.11 bits per heavy atom. The van der Waals surface area contributed by atoms with Crippen molar-refractivity contribution in [2.24, 2.45) is 0 Å². The maximum Gasteiger partial charge on any atom is 0.158 e. The van der Waals surface area contributed by atoms with E-state index in [4.69, 9.17) is 5.10 Å². The number of nitrogens with zero attached hydrogens (tertiary/aromatic N) is 5. The van der Waals surface area contributed by atoms with Crippen molar-refractivity contribution in [3.05, 3.63) is 47.5 Å². The molecule has 6 heteroatoms. The number of hydrogen-bond donors (Lipinski definition) is 1. The molecule has 0 bridgehead atoms. The molecule has 4 aromatic rings. The van der Waals surface area contributed by atoms with Crippen molar-refractivity contribution in [2.75, 3.05) is 20.1 Å². The first-order valence-corrected chi connectivity index (χ1v) is 9.57. The van der Waals surface area contributed by atoms with Gasteiger partial charge in [-0.15, -0.1) is 0 Å². The van der Waals surface area contributed by atoms with Gasteiger partial charge in [0, 0.05) is 29.6 Å². The van der Waals surface area contributed by atoms with Gasteiger partial charge in [-0.25, -0.2) is 9.50 Å². The number of aromatic amines is 1. The van der Waals surface area contributed by atoms with Crippen LogP contribution in [0.5, 0.6) is 0 Å². The Labute approximate surface area is 158 Å². The van der Waals surface area contributed by atoms with Crippen LogP contribution in [0.3, 0.4) is 0 Å². The second kappa shape index (κ2) is 6.16. The van der Waals surface area contributed by atoms with Crippen LogP contribution in [-0.2, 0) is 0 Å². The minimum Gasteiger partial charge on any atom is -0.306 e. The smallest absolute Gasteiger partial charge is 0.158 e. The summed E-state index contributed by atoms with van der Waals surface area (Å²) >= 11 is 0. The fraction of sp³-hybridized carbons (Fsp3) is 0.381. The highest BCUT2D eigenvalue weighted by atomic mass is 15.3. The van der Waals surface area contributed by atoms with E-state index in [1.165, 1.54) is 41.6 Å². The zero-order valence-electron chi connectivity index (χ0n) is 16.0. The molecule has 0 amide bonds. The predicted octanol–water partition coefficient (Wildman–Crippen LogP) is 3.70. The molecule has 1 fully saturated rings. The van der Waals surface area contributed by atoms with Crippen LogP contribution < -0.4 is 0 Å². The van der Waals surface area contributed by atoms with Gasteiger partial charge in [0.2, 0.25) is 0 Å². The largest absolute Gasteiger partial charge is 0.306 e.